The Morgan fingerprint density at radius 1 is 0.968 bits per heavy atom. The zero-order valence-electron chi connectivity index (χ0n) is 18.3. The molecule has 1 aliphatic heterocycles. The summed E-state index contributed by atoms with van der Waals surface area (Å²) >= 11 is 0. The van der Waals surface area contributed by atoms with E-state index in [1.807, 2.05) is 56.5 Å². The topological polar surface area (TPSA) is 88.9 Å². The summed E-state index contributed by atoms with van der Waals surface area (Å²) in [6.07, 6.45) is 1.39. The lowest BCUT2D eigenvalue weighted by Crippen LogP contribution is -2.37. The molecule has 8 nitrogen and oxygen atoms in total. The molecule has 2 aromatic rings. The summed E-state index contributed by atoms with van der Waals surface area (Å²) in [7, 11) is 0. The highest BCUT2D eigenvalue weighted by atomic mass is 16.5. The molecule has 1 aromatic heterocycles. The minimum atomic E-state index is -0.949. The molecule has 1 fully saturated rings. The second-order valence-electron chi connectivity index (χ2n) is 7.45. The molecule has 4 amide bonds. The van der Waals surface area contributed by atoms with Crippen molar-refractivity contribution < 1.29 is 23.9 Å². The first-order valence-electron chi connectivity index (χ1n) is 10.4. The summed E-state index contributed by atoms with van der Waals surface area (Å²) < 4.78 is 7.40. The Morgan fingerprint density at radius 3 is 2.23 bits per heavy atom. The van der Waals surface area contributed by atoms with E-state index in [2.05, 4.69) is 0 Å². The molecule has 0 aliphatic carbocycles. The lowest BCUT2D eigenvalue weighted by atomic mass is 10.1. The van der Waals surface area contributed by atoms with E-state index < -0.39 is 30.2 Å². The van der Waals surface area contributed by atoms with Gasteiger partial charge in [-0.15, -0.1) is 0 Å². The minimum absolute atomic E-state index is 0.177. The van der Waals surface area contributed by atoms with Gasteiger partial charge in [0.2, 0.25) is 0 Å². The van der Waals surface area contributed by atoms with Gasteiger partial charge in [-0.2, -0.15) is 0 Å². The van der Waals surface area contributed by atoms with Crippen LogP contribution in [0.25, 0.3) is 5.69 Å². The number of amides is 4. The number of urea groups is 1. The maximum Gasteiger partial charge on any atom is 0.334 e. The van der Waals surface area contributed by atoms with Crippen molar-refractivity contribution >= 4 is 23.6 Å². The van der Waals surface area contributed by atoms with Crippen LogP contribution < -0.4 is 4.74 Å². The van der Waals surface area contributed by atoms with Crippen molar-refractivity contribution in [2.45, 2.75) is 40.5 Å². The van der Waals surface area contributed by atoms with Gasteiger partial charge in [0.25, 0.3) is 0 Å². The van der Waals surface area contributed by atoms with Crippen molar-refractivity contribution in [3.05, 3.63) is 47.3 Å². The minimum Gasteiger partial charge on any atom is -0.494 e. The van der Waals surface area contributed by atoms with Crippen molar-refractivity contribution in [1.29, 1.82) is 0 Å². The standard InChI is InChI=1S/C23H27N3O5/c1-5-7-12-24-21(28)22(29)25(23(24)30)14-20(27)19-13-15(3)26(16(19)4)17-8-10-18(11-9-17)31-6-2/h8-11,13H,5-7,12,14H2,1-4H3. The largest absolute Gasteiger partial charge is 0.494 e. The van der Waals surface area contributed by atoms with Crippen LogP contribution in [0.15, 0.2) is 30.3 Å². The van der Waals surface area contributed by atoms with Crippen LogP contribution in [0.4, 0.5) is 4.79 Å². The number of unbranched alkanes of at least 4 members (excludes halogenated alkanes) is 1. The third-order valence-electron chi connectivity index (χ3n) is 5.31. The maximum absolute atomic E-state index is 13.0. The van der Waals surface area contributed by atoms with Gasteiger partial charge in [0, 0.05) is 29.2 Å². The highest BCUT2D eigenvalue weighted by Gasteiger charge is 2.44. The number of aryl methyl sites for hydroxylation is 1. The highest BCUT2D eigenvalue weighted by Crippen LogP contribution is 2.24. The number of ketones is 1. The summed E-state index contributed by atoms with van der Waals surface area (Å²) in [5.74, 6) is -1.45. The van der Waals surface area contributed by atoms with Crippen molar-refractivity contribution in [2.24, 2.45) is 0 Å². The number of hydrogen-bond acceptors (Lipinski definition) is 5. The number of ether oxygens (including phenoxy) is 1. The van der Waals surface area contributed by atoms with Gasteiger partial charge in [0.15, 0.2) is 5.78 Å². The maximum atomic E-state index is 13.0. The Kier molecular flexibility index (Phi) is 6.58. The Labute approximate surface area is 181 Å². The third-order valence-corrected chi connectivity index (χ3v) is 5.31. The van der Waals surface area contributed by atoms with Crippen molar-refractivity contribution in [2.75, 3.05) is 19.7 Å². The fraction of sp³-hybridized carbons (Fsp3) is 0.391. The molecule has 0 bridgehead atoms. The predicted octanol–water partition coefficient (Wildman–Crippen LogP) is 3.27. The molecule has 2 heterocycles. The molecule has 8 heteroatoms. The van der Waals surface area contributed by atoms with Gasteiger partial charge in [-0.1, -0.05) is 13.3 Å². The number of carbonyl (C=O) groups is 4. The Hall–Kier alpha value is -3.42. The number of nitrogens with zero attached hydrogens (tertiary/aromatic N) is 3. The number of benzene rings is 1. The molecule has 1 aliphatic rings. The van der Waals surface area contributed by atoms with Gasteiger partial charge in [-0.05, 0) is 57.5 Å². The van der Waals surface area contributed by atoms with E-state index in [-0.39, 0.29) is 6.54 Å². The quantitative estimate of drug-likeness (QED) is 0.350. The first-order valence-corrected chi connectivity index (χ1v) is 10.4. The highest BCUT2D eigenvalue weighted by molar-refractivity contribution is 6.45. The predicted molar refractivity (Wildman–Crippen MR) is 114 cm³/mol. The summed E-state index contributed by atoms with van der Waals surface area (Å²) in [5.41, 5.74) is 2.81. The zero-order chi connectivity index (χ0) is 22.7. The number of rotatable bonds is 9. The fourth-order valence-corrected chi connectivity index (χ4v) is 3.73. The monoisotopic (exact) mass is 425 g/mol. The SMILES string of the molecule is CCCCN1C(=O)C(=O)N(CC(=O)c2cc(C)n(-c3ccc(OCC)cc3)c2C)C1=O. The molecule has 0 spiro atoms. The van der Waals surface area contributed by atoms with Gasteiger partial charge in [-0.25, -0.2) is 9.69 Å². The molecule has 31 heavy (non-hydrogen) atoms. The van der Waals surface area contributed by atoms with Crippen molar-refractivity contribution in [3.8, 4) is 11.4 Å². The molecule has 0 unspecified atom stereocenters. The van der Waals surface area contributed by atoms with Crippen LogP contribution in [0.3, 0.4) is 0 Å². The molecular formula is C23H27N3O5. The summed E-state index contributed by atoms with van der Waals surface area (Å²) in [4.78, 5) is 51.5. The molecule has 0 radical (unpaired) electrons. The Morgan fingerprint density at radius 2 is 1.61 bits per heavy atom. The van der Waals surface area contributed by atoms with Gasteiger partial charge in [-0.3, -0.25) is 19.3 Å². The van der Waals surface area contributed by atoms with Crippen LogP contribution >= 0.6 is 0 Å². The Bertz CT molecular complexity index is 1020. The van der Waals surface area contributed by atoms with Crippen LogP contribution in [0.5, 0.6) is 5.75 Å². The average molecular weight is 425 g/mol. The molecule has 164 valence electrons. The van der Waals surface area contributed by atoms with Crippen molar-refractivity contribution in [3.63, 3.8) is 0 Å². The van der Waals surface area contributed by atoms with Crippen LogP contribution in [-0.4, -0.2) is 57.7 Å². The number of hydrogen-bond donors (Lipinski definition) is 0. The van der Waals surface area contributed by atoms with E-state index in [1.165, 1.54) is 0 Å². The lowest BCUT2D eigenvalue weighted by molar-refractivity contribution is -0.143. The van der Waals surface area contributed by atoms with Crippen LogP contribution in [0, 0.1) is 13.8 Å². The van der Waals surface area contributed by atoms with Crippen LogP contribution in [0.2, 0.25) is 0 Å². The molecule has 0 N–H and O–H groups in total. The van der Waals surface area contributed by atoms with Crippen LogP contribution in [-0.2, 0) is 9.59 Å². The molecule has 0 saturated carbocycles. The number of Topliss-reactive ketones (excluding diaryl/α,β-unsaturated/α-hetero) is 1. The van der Waals surface area contributed by atoms with E-state index in [1.54, 1.807) is 6.07 Å². The normalized spacial score (nSPS) is 14.0. The summed E-state index contributed by atoms with van der Waals surface area (Å²) in [6.45, 7) is 7.82. The van der Waals surface area contributed by atoms with E-state index in [9.17, 15) is 19.2 Å². The first-order chi connectivity index (χ1) is 14.8. The first kappa shape index (κ1) is 22.3. The molecule has 1 saturated heterocycles. The van der Waals surface area contributed by atoms with E-state index in [0.29, 0.717) is 24.3 Å². The number of aromatic nitrogens is 1. The molecule has 1 aromatic carbocycles. The summed E-state index contributed by atoms with van der Waals surface area (Å²) in [5, 5.41) is 0. The average Bonchev–Trinajstić information content (AvgIpc) is 3.15. The van der Waals surface area contributed by atoms with Gasteiger partial charge < -0.3 is 9.30 Å². The second-order valence-corrected chi connectivity index (χ2v) is 7.45. The second kappa shape index (κ2) is 9.16. The third kappa shape index (κ3) is 4.23. The van der Waals surface area contributed by atoms with Crippen molar-refractivity contribution in [1.82, 2.24) is 14.4 Å². The number of imide groups is 2. The zero-order valence-corrected chi connectivity index (χ0v) is 18.3. The van der Waals surface area contributed by atoms with E-state index >= 15 is 0 Å². The van der Waals surface area contributed by atoms with E-state index in [0.717, 1.165) is 33.4 Å². The molecular weight excluding hydrogens is 398 g/mol. The summed E-state index contributed by atoms with van der Waals surface area (Å²) in [6, 6.07) is 8.52. The molecule has 0 atom stereocenters. The lowest BCUT2D eigenvalue weighted by Gasteiger charge is -2.15. The Balaban J connectivity index is 1.82. The van der Waals surface area contributed by atoms with E-state index in [4.69, 9.17) is 4.74 Å². The van der Waals surface area contributed by atoms with Crippen LogP contribution in [0.1, 0.15) is 48.4 Å². The fourth-order valence-electron chi connectivity index (χ4n) is 3.73. The van der Waals surface area contributed by atoms with Gasteiger partial charge in [0.05, 0.1) is 13.2 Å². The molecule has 3 rings (SSSR count). The smallest absolute Gasteiger partial charge is 0.334 e. The van der Waals surface area contributed by atoms with Gasteiger partial charge in [0.1, 0.15) is 5.75 Å². The van der Waals surface area contributed by atoms with Gasteiger partial charge >= 0.3 is 17.8 Å². The number of carbonyl (C=O) groups excluding carboxylic acids is 4.